The number of carbonyl (C=O) groups is 1. The Kier molecular flexibility index (Phi) is 28.2. The summed E-state index contributed by atoms with van der Waals surface area (Å²) in [6.07, 6.45) is 11.4. The van der Waals surface area contributed by atoms with Crippen LogP contribution in [0, 0.1) is 0 Å². The summed E-state index contributed by atoms with van der Waals surface area (Å²) in [7, 11) is 0. The van der Waals surface area contributed by atoms with Crippen molar-refractivity contribution in [2.75, 3.05) is 105 Å². The number of ether oxygens (including phenoxy) is 8. The summed E-state index contributed by atoms with van der Waals surface area (Å²) in [5, 5.41) is 0. The predicted octanol–water partition coefficient (Wildman–Crippen LogP) is 8.90. The van der Waals surface area contributed by atoms with Crippen LogP contribution in [-0.4, -0.2) is 111 Å². The minimum Gasteiger partial charge on any atom is -0.464 e. The van der Waals surface area contributed by atoms with Crippen molar-refractivity contribution in [3.8, 4) is 0 Å². The molecule has 0 spiro atoms. The number of unbranched alkanes of at least 4 members (excludes halogenated alkanes) is 8. The van der Waals surface area contributed by atoms with Crippen LogP contribution in [0.1, 0.15) is 81.4 Å². The van der Waals surface area contributed by atoms with Gasteiger partial charge in [0.2, 0.25) is 0 Å². The Morgan fingerprint density at radius 3 is 1.12 bits per heavy atom. The van der Waals surface area contributed by atoms with Gasteiger partial charge in [-0.1, -0.05) is 136 Å². The fourth-order valence-corrected chi connectivity index (χ4v) is 7.78. The number of hydrogen-bond acceptors (Lipinski definition) is 10. The van der Waals surface area contributed by atoms with Crippen LogP contribution < -0.4 is 0 Å². The number of esters is 1. The maximum atomic E-state index is 11.1. The van der Waals surface area contributed by atoms with Gasteiger partial charge in [-0.3, -0.25) is 0 Å². The minimum atomic E-state index is -0.364. The fourth-order valence-electron chi connectivity index (χ4n) is 6.22. The van der Waals surface area contributed by atoms with Crippen molar-refractivity contribution in [3.63, 3.8) is 0 Å². The Hall–Kier alpha value is -2.80. The molecule has 0 amide bonds. The molecule has 10 heteroatoms. The van der Waals surface area contributed by atoms with E-state index < -0.39 is 0 Å². The molecule has 0 N–H and O–H groups in total. The van der Waals surface area contributed by atoms with Gasteiger partial charge in [0, 0.05) is 6.61 Å². The molecule has 3 rings (SSSR count). The third-order valence-electron chi connectivity index (χ3n) is 9.05. The van der Waals surface area contributed by atoms with Crippen LogP contribution in [-0.2, 0) is 47.4 Å². The summed E-state index contributed by atoms with van der Waals surface area (Å²) in [5.74, 6) is 0.765. The highest BCUT2D eigenvalue weighted by Crippen LogP contribution is 2.48. The average Bonchev–Trinajstić information content (AvgIpc) is 3.24. The summed E-state index contributed by atoms with van der Waals surface area (Å²) in [6, 6.07) is 33.0. The van der Waals surface area contributed by atoms with Crippen molar-refractivity contribution >= 4 is 17.7 Å². The quantitative estimate of drug-likeness (QED) is 0.0320. The molecular formula is C46H68O9S. The standard InChI is InChI=1S/C46H68O9S/c1-2-55-45(47)41-54-39-38-53-37-36-52-35-34-51-33-32-50-31-30-49-29-28-48-27-19-8-6-4-3-5-7-9-20-40-56-46(42-21-13-10-14-22-42,43-23-15-11-16-24-43)44-25-17-12-18-26-44/h10-18,21-26H,2-9,19-20,27-41H2,1H3. The smallest absolute Gasteiger partial charge is 0.332 e. The number of carbonyl (C=O) groups excluding carboxylic acids is 1. The van der Waals surface area contributed by atoms with Gasteiger partial charge < -0.3 is 37.9 Å². The monoisotopic (exact) mass is 796 g/mol. The lowest BCUT2D eigenvalue weighted by molar-refractivity contribution is -0.149. The molecule has 0 bridgehead atoms. The van der Waals surface area contributed by atoms with Crippen molar-refractivity contribution in [3.05, 3.63) is 108 Å². The number of rotatable bonds is 37. The first-order valence-electron chi connectivity index (χ1n) is 20.8. The van der Waals surface area contributed by atoms with Crippen LogP contribution in [0.25, 0.3) is 0 Å². The van der Waals surface area contributed by atoms with E-state index in [1.807, 2.05) is 0 Å². The van der Waals surface area contributed by atoms with E-state index in [1.165, 1.54) is 68.1 Å². The van der Waals surface area contributed by atoms with Gasteiger partial charge in [-0.15, -0.1) is 11.8 Å². The predicted molar refractivity (Wildman–Crippen MR) is 226 cm³/mol. The number of benzene rings is 3. The largest absolute Gasteiger partial charge is 0.464 e. The van der Waals surface area contributed by atoms with E-state index in [0.29, 0.717) is 85.9 Å². The van der Waals surface area contributed by atoms with E-state index in [1.54, 1.807) is 6.92 Å². The Labute approximate surface area is 341 Å². The van der Waals surface area contributed by atoms with E-state index in [9.17, 15) is 4.79 Å². The lowest BCUT2D eigenvalue weighted by atomic mass is 9.84. The molecule has 0 saturated heterocycles. The topological polar surface area (TPSA) is 90.9 Å². The summed E-state index contributed by atoms with van der Waals surface area (Å²) >= 11 is 2.08. The maximum Gasteiger partial charge on any atom is 0.332 e. The first-order chi connectivity index (χ1) is 27.8. The zero-order valence-electron chi connectivity index (χ0n) is 33.9. The highest BCUT2D eigenvalue weighted by molar-refractivity contribution is 8.00. The van der Waals surface area contributed by atoms with Gasteiger partial charge >= 0.3 is 5.97 Å². The van der Waals surface area contributed by atoms with E-state index >= 15 is 0 Å². The SMILES string of the molecule is CCOC(=O)COCCOCCOCCOCCOCCOCCOCCCCCCCCCCCSC(c1ccccc1)(c1ccccc1)c1ccccc1. The molecule has 0 aromatic heterocycles. The van der Waals surface area contributed by atoms with Crippen LogP contribution in [0.5, 0.6) is 0 Å². The second-order valence-corrected chi connectivity index (χ2v) is 14.7. The maximum absolute atomic E-state index is 11.1. The second kappa shape index (κ2) is 33.2. The molecule has 0 aliphatic carbocycles. The summed E-state index contributed by atoms with van der Waals surface area (Å²) in [5.41, 5.74) is 4.03. The van der Waals surface area contributed by atoms with E-state index in [-0.39, 0.29) is 17.3 Å². The molecule has 3 aromatic rings. The van der Waals surface area contributed by atoms with Crippen molar-refractivity contribution in [2.24, 2.45) is 0 Å². The normalized spacial score (nSPS) is 11.6. The second-order valence-electron chi connectivity index (χ2n) is 13.3. The lowest BCUT2D eigenvalue weighted by Gasteiger charge is -2.35. The molecule has 9 nitrogen and oxygen atoms in total. The highest BCUT2D eigenvalue weighted by Gasteiger charge is 2.36. The first-order valence-corrected chi connectivity index (χ1v) is 21.8. The molecule has 312 valence electrons. The van der Waals surface area contributed by atoms with Gasteiger partial charge in [0.15, 0.2) is 0 Å². The van der Waals surface area contributed by atoms with Crippen molar-refractivity contribution in [2.45, 2.75) is 69.5 Å². The molecule has 3 aromatic carbocycles. The van der Waals surface area contributed by atoms with E-state index in [2.05, 4.69) is 103 Å². The van der Waals surface area contributed by atoms with E-state index in [0.717, 1.165) is 18.8 Å². The Morgan fingerprint density at radius 1 is 0.429 bits per heavy atom. The summed E-state index contributed by atoms with van der Waals surface area (Å²) < 4.78 is 42.9. The molecule has 0 fully saturated rings. The molecule has 0 unspecified atom stereocenters. The van der Waals surface area contributed by atoms with Gasteiger partial charge in [-0.2, -0.15) is 0 Å². The Balaban J connectivity index is 1.05. The minimum absolute atomic E-state index is 0.0513. The molecule has 0 atom stereocenters. The Bertz CT molecular complexity index is 1220. The third kappa shape index (κ3) is 21.1. The number of hydrogen-bond donors (Lipinski definition) is 0. The summed E-state index contributed by atoms with van der Waals surface area (Å²) in [6.45, 7) is 8.88. The molecular weight excluding hydrogens is 729 g/mol. The molecule has 0 aliphatic heterocycles. The Morgan fingerprint density at radius 2 is 0.750 bits per heavy atom. The zero-order valence-corrected chi connectivity index (χ0v) is 34.7. The fraction of sp³-hybridized carbons (Fsp3) is 0.587. The zero-order chi connectivity index (χ0) is 39.5. The summed E-state index contributed by atoms with van der Waals surface area (Å²) in [4.78, 5) is 11.1. The first kappa shape index (κ1) is 47.6. The van der Waals surface area contributed by atoms with Gasteiger partial charge in [0.1, 0.15) is 6.61 Å². The van der Waals surface area contributed by atoms with Gasteiger partial charge in [-0.25, -0.2) is 4.79 Å². The number of thioether (sulfide) groups is 1. The van der Waals surface area contributed by atoms with Crippen molar-refractivity contribution < 1.29 is 42.7 Å². The average molecular weight is 797 g/mol. The van der Waals surface area contributed by atoms with Crippen LogP contribution in [0.2, 0.25) is 0 Å². The lowest BCUT2D eigenvalue weighted by Crippen LogP contribution is -2.26. The van der Waals surface area contributed by atoms with Crippen molar-refractivity contribution in [1.29, 1.82) is 0 Å². The van der Waals surface area contributed by atoms with Crippen LogP contribution in [0.4, 0.5) is 0 Å². The van der Waals surface area contributed by atoms with Gasteiger partial charge in [-0.05, 0) is 42.2 Å². The van der Waals surface area contributed by atoms with Gasteiger partial charge in [0.25, 0.3) is 0 Å². The van der Waals surface area contributed by atoms with Crippen LogP contribution in [0.15, 0.2) is 91.0 Å². The van der Waals surface area contributed by atoms with Crippen LogP contribution >= 0.6 is 11.8 Å². The molecule has 0 saturated carbocycles. The van der Waals surface area contributed by atoms with Gasteiger partial charge in [0.05, 0.1) is 90.6 Å². The van der Waals surface area contributed by atoms with Crippen molar-refractivity contribution in [1.82, 2.24) is 0 Å². The van der Waals surface area contributed by atoms with E-state index in [4.69, 9.17) is 37.9 Å². The van der Waals surface area contributed by atoms with Crippen LogP contribution in [0.3, 0.4) is 0 Å². The molecule has 0 aliphatic rings. The third-order valence-corrected chi connectivity index (χ3v) is 10.7. The molecule has 0 radical (unpaired) electrons. The highest BCUT2D eigenvalue weighted by atomic mass is 32.2. The molecule has 56 heavy (non-hydrogen) atoms. The molecule has 0 heterocycles.